The average Bonchev–Trinajstić information content (AvgIpc) is 2.92. The summed E-state index contributed by atoms with van der Waals surface area (Å²) in [6.07, 6.45) is 0. The van der Waals surface area contributed by atoms with Crippen LogP contribution in [0.4, 0.5) is 5.69 Å². The SMILES string of the molecule is CC(=O)N(C)Cc1cccc(NC(=O)C(C)N2C(=O)c3ccccc3C2=O)c1. The summed E-state index contributed by atoms with van der Waals surface area (Å²) in [6.45, 7) is 3.41. The van der Waals surface area contributed by atoms with Crippen molar-refractivity contribution in [2.24, 2.45) is 0 Å². The van der Waals surface area contributed by atoms with Crippen LogP contribution in [-0.4, -0.2) is 46.5 Å². The smallest absolute Gasteiger partial charge is 0.262 e. The second-order valence-electron chi connectivity index (χ2n) is 6.77. The van der Waals surface area contributed by atoms with Crippen LogP contribution in [0.3, 0.4) is 0 Å². The minimum atomic E-state index is -0.962. The zero-order valence-corrected chi connectivity index (χ0v) is 15.9. The maximum Gasteiger partial charge on any atom is 0.262 e. The third-order valence-electron chi connectivity index (χ3n) is 4.74. The van der Waals surface area contributed by atoms with E-state index < -0.39 is 23.8 Å². The summed E-state index contributed by atoms with van der Waals surface area (Å²) in [5.41, 5.74) is 2.00. The van der Waals surface area contributed by atoms with Gasteiger partial charge in [0.2, 0.25) is 11.8 Å². The van der Waals surface area contributed by atoms with E-state index >= 15 is 0 Å². The Morgan fingerprint density at radius 3 is 2.21 bits per heavy atom. The number of anilines is 1. The van der Waals surface area contributed by atoms with E-state index in [1.54, 1.807) is 54.4 Å². The third kappa shape index (κ3) is 3.64. The van der Waals surface area contributed by atoms with Crippen LogP contribution in [-0.2, 0) is 16.1 Å². The summed E-state index contributed by atoms with van der Waals surface area (Å²) >= 11 is 0. The van der Waals surface area contributed by atoms with E-state index in [-0.39, 0.29) is 5.91 Å². The van der Waals surface area contributed by atoms with Crippen LogP contribution in [0.2, 0.25) is 0 Å². The molecule has 1 aliphatic rings. The molecule has 0 radical (unpaired) electrons. The molecule has 0 fully saturated rings. The van der Waals surface area contributed by atoms with Gasteiger partial charge in [-0.15, -0.1) is 0 Å². The number of hydrogen-bond donors (Lipinski definition) is 1. The van der Waals surface area contributed by atoms with E-state index in [2.05, 4.69) is 5.32 Å². The van der Waals surface area contributed by atoms with Crippen molar-refractivity contribution in [2.45, 2.75) is 26.4 Å². The van der Waals surface area contributed by atoms with Crippen LogP contribution in [0.25, 0.3) is 0 Å². The molecule has 0 saturated carbocycles. The molecule has 2 aromatic rings. The number of fused-ring (bicyclic) bond motifs is 1. The van der Waals surface area contributed by atoms with Gasteiger partial charge >= 0.3 is 0 Å². The van der Waals surface area contributed by atoms with Crippen LogP contribution in [0, 0.1) is 0 Å². The predicted molar refractivity (Wildman–Crippen MR) is 104 cm³/mol. The molecule has 7 heteroatoms. The summed E-state index contributed by atoms with van der Waals surface area (Å²) in [5, 5.41) is 2.74. The average molecular weight is 379 g/mol. The first-order valence-corrected chi connectivity index (χ1v) is 8.88. The molecule has 1 unspecified atom stereocenters. The normalized spacial score (nSPS) is 13.9. The zero-order valence-electron chi connectivity index (χ0n) is 15.9. The third-order valence-corrected chi connectivity index (χ3v) is 4.74. The lowest BCUT2D eigenvalue weighted by Gasteiger charge is -2.22. The van der Waals surface area contributed by atoms with Gasteiger partial charge in [-0.2, -0.15) is 0 Å². The molecule has 4 amide bonds. The Balaban J connectivity index is 1.73. The minimum absolute atomic E-state index is 0.0614. The van der Waals surface area contributed by atoms with E-state index in [0.717, 1.165) is 10.5 Å². The Morgan fingerprint density at radius 2 is 1.64 bits per heavy atom. The number of rotatable bonds is 5. The Labute approximate surface area is 162 Å². The van der Waals surface area contributed by atoms with Gasteiger partial charge in [0.05, 0.1) is 11.1 Å². The number of amides is 4. The lowest BCUT2D eigenvalue weighted by atomic mass is 10.1. The van der Waals surface area contributed by atoms with Crippen LogP contribution >= 0.6 is 0 Å². The highest BCUT2D eigenvalue weighted by Crippen LogP contribution is 2.25. The monoisotopic (exact) mass is 379 g/mol. The number of nitrogens with zero attached hydrogens (tertiary/aromatic N) is 2. The largest absolute Gasteiger partial charge is 0.342 e. The first kappa shape index (κ1) is 19.3. The Morgan fingerprint density at radius 1 is 1.04 bits per heavy atom. The predicted octanol–water partition coefficient (Wildman–Crippen LogP) is 2.29. The molecular formula is C21H21N3O4. The molecule has 0 saturated heterocycles. The fourth-order valence-corrected chi connectivity index (χ4v) is 3.06. The van der Waals surface area contributed by atoms with E-state index in [1.807, 2.05) is 6.07 Å². The maximum absolute atomic E-state index is 12.7. The summed E-state index contributed by atoms with van der Waals surface area (Å²) in [4.78, 5) is 51.7. The molecule has 3 rings (SSSR count). The summed E-state index contributed by atoms with van der Waals surface area (Å²) in [6, 6.07) is 12.6. The Kier molecular flexibility index (Phi) is 5.26. The number of imide groups is 1. The van der Waals surface area contributed by atoms with Crippen molar-refractivity contribution < 1.29 is 19.2 Å². The van der Waals surface area contributed by atoms with Gasteiger partial charge in [0.25, 0.3) is 11.8 Å². The molecule has 0 aromatic heterocycles. The molecule has 7 nitrogen and oxygen atoms in total. The molecule has 1 atom stereocenters. The van der Waals surface area contributed by atoms with Gasteiger partial charge < -0.3 is 10.2 Å². The molecule has 1 heterocycles. The summed E-state index contributed by atoms with van der Waals surface area (Å²) < 4.78 is 0. The minimum Gasteiger partial charge on any atom is -0.342 e. The van der Waals surface area contributed by atoms with Gasteiger partial charge in [-0.05, 0) is 36.8 Å². The van der Waals surface area contributed by atoms with Gasteiger partial charge in [0.1, 0.15) is 6.04 Å². The standard InChI is InChI=1S/C21H21N3O4/c1-13(24-20(27)17-9-4-5-10-18(17)21(24)28)19(26)22-16-8-6-7-15(11-16)12-23(3)14(2)25/h4-11,13H,12H2,1-3H3,(H,22,26). The molecule has 0 aliphatic carbocycles. The van der Waals surface area contributed by atoms with Gasteiger partial charge in [-0.3, -0.25) is 24.1 Å². The van der Waals surface area contributed by atoms with Gasteiger partial charge in [-0.1, -0.05) is 24.3 Å². The lowest BCUT2D eigenvalue weighted by Crippen LogP contribution is -2.45. The van der Waals surface area contributed by atoms with Crippen molar-refractivity contribution in [1.29, 1.82) is 0 Å². The molecule has 0 spiro atoms. The van der Waals surface area contributed by atoms with Crippen molar-refractivity contribution in [3.8, 4) is 0 Å². The number of hydrogen-bond acceptors (Lipinski definition) is 4. The molecule has 2 aromatic carbocycles. The van der Waals surface area contributed by atoms with E-state index in [1.165, 1.54) is 13.8 Å². The molecule has 1 aliphatic heterocycles. The Hall–Kier alpha value is -3.48. The topological polar surface area (TPSA) is 86.8 Å². The Bertz CT molecular complexity index is 935. The first-order valence-electron chi connectivity index (χ1n) is 8.88. The lowest BCUT2D eigenvalue weighted by molar-refractivity contribution is -0.128. The number of nitrogens with one attached hydrogen (secondary N) is 1. The van der Waals surface area contributed by atoms with Crippen LogP contribution in [0.5, 0.6) is 0 Å². The van der Waals surface area contributed by atoms with Crippen molar-refractivity contribution in [3.05, 3.63) is 65.2 Å². The highest BCUT2D eigenvalue weighted by Gasteiger charge is 2.40. The molecule has 1 N–H and O–H groups in total. The van der Waals surface area contributed by atoms with Crippen LogP contribution in [0.15, 0.2) is 48.5 Å². The van der Waals surface area contributed by atoms with Gasteiger partial charge in [-0.25, -0.2) is 0 Å². The number of benzene rings is 2. The summed E-state index contributed by atoms with van der Waals surface area (Å²) in [7, 11) is 1.69. The zero-order chi connectivity index (χ0) is 20.4. The van der Waals surface area contributed by atoms with E-state index in [0.29, 0.717) is 23.4 Å². The summed E-state index contributed by atoms with van der Waals surface area (Å²) in [5.74, 6) is -1.47. The maximum atomic E-state index is 12.7. The second kappa shape index (κ2) is 7.64. The van der Waals surface area contributed by atoms with Crippen LogP contribution < -0.4 is 5.32 Å². The molecule has 144 valence electrons. The first-order chi connectivity index (χ1) is 13.3. The van der Waals surface area contributed by atoms with Crippen molar-refractivity contribution >= 4 is 29.3 Å². The van der Waals surface area contributed by atoms with Crippen molar-refractivity contribution in [2.75, 3.05) is 12.4 Å². The fraction of sp³-hybridized carbons (Fsp3) is 0.238. The van der Waals surface area contributed by atoms with Gasteiger partial charge in [0.15, 0.2) is 0 Å². The number of carbonyl (C=O) groups is 4. The van der Waals surface area contributed by atoms with Gasteiger partial charge in [0, 0.05) is 26.2 Å². The quantitative estimate of drug-likeness (QED) is 0.808. The van der Waals surface area contributed by atoms with Crippen molar-refractivity contribution in [3.63, 3.8) is 0 Å². The van der Waals surface area contributed by atoms with E-state index in [4.69, 9.17) is 0 Å². The van der Waals surface area contributed by atoms with Crippen molar-refractivity contribution in [1.82, 2.24) is 9.80 Å². The highest BCUT2D eigenvalue weighted by molar-refractivity contribution is 6.23. The fourth-order valence-electron chi connectivity index (χ4n) is 3.06. The molecule has 0 bridgehead atoms. The molecule has 28 heavy (non-hydrogen) atoms. The number of carbonyl (C=O) groups excluding carboxylic acids is 4. The van der Waals surface area contributed by atoms with Crippen LogP contribution in [0.1, 0.15) is 40.1 Å². The second-order valence-corrected chi connectivity index (χ2v) is 6.77. The van der Waals surface area contributed by atoms with E-state index in [9.17, 15) is 19.2 Å². The highest BCUT2D eigenvalue weighted by atomic mass is 16.2. The molecular weight excluding hydrogens is 358 g/mol.